The van der Waals surface area contributed by atoms with Crippen LogP contribution in [0.2, 0.25) is 0 Å². The second kappa shape index (κ2) is 10.3. The van der Waals surface area contributed by atoms with Crippen LogP contribution in [0.3, 0.4) is 0 Å². The number of hydrogen-bond acceptors (Lipinski definition) is 2. The van der Waals surface area contributed by atoms with Gasteiger partial charge in [-0.2, -0.15) is 0 Å². The topological polar surface area (TPSA) is 40.5 Å². The van der Waals surface area contributed by atoms with Gasteiger partial charge in [0.2, 0.25) is 0 Å². The molecular formula is C39H30O2. The normalized spacial score (nSPS) is 13.0. The molecule has 0 atom stereocenters. The molecular weight excluding hydrogens is 500 g/mol. The largest absolute Gasteiger partial charge is 0.395 e. The zero-order chi connectivity index (χ0) is 27.8. The molecule has 0 amide bonds. The third-order valence-corrected chi connectivity index (χ3v) is 8.55. The standard InChI is InChI=1S/C39H30O2/c40-25-39(26-41)37-23-29(33-17-9-7-15-31(33)27-11-3-1-4-12-27)19-21-35(37)36-22-20-30(24-38(36)39)34-18-10-8-16-32(34)28-13-5-2-6-14-28/h1-24,40-41H,25-26H2. The van der Waals surface area contributed by atoms with Crippen molar-refractivity contribution in [3.8, 4) is 55.6 Å². The van der Waals surface area contributed by atoms with Gasteiger partial charge in [0.25, 0.3) is 0 Å². The number of aliphatic hydroxyl groups is 2. The molecule has 6 aromatic carbocycles. The molecule has 1 aliphatic carbocycles. The van der Waals surface area contributed by atoms with Crippen LogP contribution in [0.15, 0.2) is 146 Å². The number of rotatable bonds is 6. The maximum absolute atomic E-state index is 10.9. The van der Waals surface area contributed by atoms with E-state index >= 15 is 0 Å². The van der Waals surface area contributed by atoms with E-state index in [1.807, 2.05) is 12.1 Å². The second-order valence-corrected chi connectivity index (χ2v) is 10.7. The molecule has 0 saturated heterocycles. The van der Waals surface area contributed by atoms with Crippen LogP contribution in [0.4, 0.5) is 0 Å². The maximum Gasteiger partial charge on any atom is 0.0676 e. The third kappa shape index (κ3) is 4.12. The van der Waals surface area contributed by atoms with E-state index in [0.29, 0.717) is 0 Å². The molecule has 0 unspecified atom stereocenters. The molecule has 2 N–H and O–H groups in total. The van der Waals surface area contributed by atoms with Gasteiger partial charge in [0.05, 0.1) is 18.6 Å². The van der Waals surface area contributed by atoms with Crippen LogP contribution in [0.5, 0.6) is 0 Å². The van der Waals surface area contributed by atoms with Crippen molar-refractivity contribution >= 4 is 0 Å². The van der Waals surface area contributed by atoms with Gasteiger partial charge in [-0.05, 0) is 78.9 Å². The van der Waals surface area contributed by atoms with Gasteiger partial charge in [-0.1, -0.05) is 133 Å². The molecule has 41 heavy (non-hydrogen) atoms. The van der Waals surface area contributed by atoms with Crippen molar-refractivity contribution in [3.63, 3.8) is 0 Å². The van der Waals surface area contributed by atoms with Crippen molar-refractivity contribution < 1.29 is 10.2 Å². The van der Waals surface area contributed by atoms with Gasteiger partial charge >= 0.3 is 0 Å². The fourth-order valence-electron chi connectivity index (χ4n) is 6.43. The first kappa shape index (κ1) is 25.2. The highest BCUT2D eigenvalue weighted by molar-refractivity contribution is 5.91. The molecule has 2 nitrogen and oxygen atoms in total. The van der Waals surface area contributed by atoms with E-state index in [1.165, 1.54) is 0 Å². The van der Waals surface area contributed by atoms with Crippen LogP contribution >= 0.6 is 0 Å². The number of aliphatic hydroxyl groups excluding tert-OH is 2. The van der Waals surface area contributed by atoms with E-state index in [9.17, 15) is 10.2 Å². The Morgan fingerprint density at radius 1 is 0.341 bits per heavy atom. The number of benzene rings is 6. The number of hydrogen-bond donors (Lipinski definition) is 2. The minimum atomic E-state index is -0.903. The van der Waals surface area contributed by atoms with Gasteiger partial charge in [-0.25, -0.2) is 0 Å². The molecule has 0 saturated carbocycles. The summed E-state index contributed by atoms with van der Waals surface area (Å²) in [6, 6.07) is 50.6. The van der Waals surface area contributed by atoms with Crippen molar-refractivity contribution in [2.45, 2.75) is 5.41 Å². The monoisotopic (exact) mass is 530 g/mol. The highest BCUT2D eigenvalue weighted by Gasteiger charge is 2.43. The summed E-state index contributed by atoms with van der Waals surface area (Å²) in [7, 11) is 0. The summed E-state index contributed by atoms with van der Waals surface area (Å²) in [5, 5.41) is 21.9. The molecule has 0 fully saturated rings. The molecule has 0 bridgehead atoms. The lowest BCUT2D eigenvalue weighted by atomic mass is 9.78. The highest BCUT2D eigenvalue weighted by Crippen LogP contribution is 2.51. The Balaban J connectivity index is 1.37. The maximum atomic E-state index is 10.9. The fraction of sp³-hybridized carbons (Fsp3) is 0.0769. The molecule has 0 heterocycles. The Kier molecular flexibility index (Phi) is 6.36. The number of fused-ring (bicyclic) bond motifs is 3. The van der Waals surface area contributed by atoms with Crippen molar-refractivity contribution in [2.24, 2.45) is 0 Å². The van der Waals surface area contributed by atoms with Gasteiger partial charge in [-0.3, -0.25) is 0 Å². The molecule has 0 aliphatic heterocycles. The van der Waals surface area contributed by atoms with Gasteiger partial charge in [0.1, 0.15) is 0 Å². The van der Waals surface area contributed by atoms with Gasteiger partial charge in [-0.15, -0.1) is 0 Å². The third-order valence-electron chi connectivity index (χ3n) is 8.55. The molecule has 6 aromatic rings. The summed E-state index contributed by atoms with van der Waals surface area (Å²) < 4.78 is 0. The van der Waals surface area contributed by atoms with E-state index in [1.54, 1.807) is 0 Å². The van der Waals surface area contributed by atoms with E-state index in [2.05, 4.69) is 133 Å². The lowest BCUT2D eigenvalue weighted by Gasteiger charge is -2.28. The van der Waals surface area contributed by atoms with Crippen LogP contribution < -0.4 is 0 Å². The van der Waals surface area contributed by atoms with Gasteiger partial charge in [0.15, 0.2) is 0 Å². The first-order valence-electron chi connectivity index (χ1n) is 14.0. The molecule has 0 radical (unpaired) electrons. The smallest absolute Gasteiger partial charge is 0.0676 e. The Hall–Kier alpha value is -4.76. The summed E-state index contributed by atoms with van der Waals surface area (Å²) in [5.74, 6) is 0. The van der Waals surface area contributed by atoms with Gasteiger partial charge in [0, 0.05) is 0 Å². The lowest BCUT2D eigenvalue weighted by Crippen LogP contribution is -2.34. The predicted octanol–water partition coefficient (Wildman–Crippen LogP) is 8.61. The average Bonchev–Trinajstić information content (AvgIpc) is 3.34. The molecule has 198 valence electrons. The summed E-state index contributed by atoms with van der Waals surface area (Å²) >= 11 is 0. The van der Waals surface area contributed by atoms with Crippen molar-refractivity contribution in [2.75, 3.05) is 13.2 Å². The van der Waals surface area contributed by atoms with Crippen LogP contribution in [0.1, 0.15) is 11.1 Å². The van der Waals surface area contributed by atoms with Crippen LogP contribution in [-0.2, 0) is 5.41 Å². The van der Waals surface area contributed by atoms with E-state index < -0.39 is 5.41 Å². The Morgan fingerprint density at radius 2 is 0.683 bits per heavy atom. The van der Waals surface area contributed by atoms with Crippen LogP contribution in [0.25, 0.3) is 55.6 Å². The minimum absolute atomic E-state index is 0.183. The Bertz CT molecular complexity index is 1720. The van der Waals surface area contributed by atoms with E-state index in [0.717, 1.165) is 66.8 Å². The Labute approximate surface area is 240 Å². The van der Waals surface area contributed by atoms with Crippen molar-refractivity contribution in [3.05, 3.63) is 157 Å². The van der Waals surface area contributed by atoms with Gasteiger partial charge < -0.3 is 10.2 Å². The quantitative estimate of drug-likeness (QED) is 0.226. The summed E-state index contributed by atoms with van der Waals surface area (Å²) in [6.45, 7) is -0.367. The van der Waals surface area contributed by atoms with Crippen LogP contribution in [-0.4, -0.2) is 23.4 Å². The zero-order valence-electron chi connectivity index (χ0n) is 22.7. The average molecular weight is 531 g/mol. The molecule has 7 rings (SSSR count). The summed E-state index contributed by atoms with van der Waals surface area (Å²) in [4.78, 5) is 0. The Morgan fingerprint density at radius 3 is 1.05 bits per heavy atom. The van der Waals surface area contributed by atoms with E-state index in [4.69, 9.17) is 0 Å². The van der Waals surface area contributed by atoms with Crippen molar-refractivity contribution in [1.29, 1.82) is 0 Å². The molecule has 2 heteroatoms. The lowest BCUT2D eigenvalue weighted by molar-refractivity contribution is 0.146. The molecule has 1 aliphatic rings. The fourth-order valence-corrected chi connectivity index (χ4v) is 6.43. The SMILES string of the molecule is OCC1(CO)c2cc(-c3ccccc3-c3ccccc3)ccc2-c2ccc(-c3ccccc3-c3ccccc3)cc21. The summed E-state index contributed by atoms with van der Waals surface area (Å²) in [5.41, 5.74) is 12.2. The first-order chi connectivity index (χ1) is 20.2. The molecule has 0 aromatic heterocycles. The second-order valence-electron chi connectivity index (χ2n) is 10.7. The predicted molar refractivity (Wildman–Crippen MR) is 169 cm³/mol. The van der Waals surface area contributed by atoms with E-state index in [-0.39, 0.29) is 13.2 Å². The summed E-state index contributed by atoms with van der Waals surface area (Å²) in [6.07, 6.45) is 0. The van der Waals surface area contributed by atoms with Crippen LogP contribution in [0, 0.1) is 0 Å². The minimum Gasteiger partial charge on any atom is -0.395 e. The molecule has 0 spiro atoms. The highest BCUT2D eigenvalue weighted by atomic mass is 16.3. The first-order valence-corrected chi connectivity index (χ1v) is 14.0. The van der Waals surface area contributed by atoms with Crippen molar-refractivity contribution in [1.82, 2.24) is 0 Å². The zero-order valence-corrected chi connectivity index (χ0v) is 22.7.